The minimum atomic E-state index is 0.453. The second-order valence-corrected chi connectivity index (χ2v) is 6.03. The summed E-state index contributed by atoms with van der Waals surface area (Å²) in [4.78, 5) is 0. The second kappa shape index (κ2) is 7.23. The number of H-pyrrole nitrogens is 1. The highest BCUT2D eigenvalue weighted by Gasteiger charge is 2.07. The molecule has 1 aromatic heterocycles. The lowest BCUT2D eigenvalue weighted by Crippen LogP contribution is -2.05. The van der Waals surface area contributed by atoms with Crippen LogP contribution < -0.4 is 10.1 Å². The molecule has 0 radical (unpaired) electrons. The number of hydrogen-bond acceptors (Lipinski definition) is 5. The van der Waals surface area contributed by atoms with Crippen LogP contribution in [0.4, 0.5) is 5.95 Å². The van der Waals surface area contributed by atoms with Gasteiger partial charge in [-0.1, -0.05) is 50.9 Å². The maximum Gasteiger partial charge on any atom is 0.263 e. The smallest absolute Gasteiger partial charge is 0.263 e. The Bertz CT molecular complexity index is 776. The molecule has 0 unspecified atom stereocenters. The van der Waals surface area contributed by atoms with Crippen LogP contribution in [-0.4, -0.2) is 20.6 Å². The number of rotatable bonds is 6. The van der Waals surface area contributed by atoms with Gasteiger partial charge in [0.15, 0.2) is 0 Å². The Labute approximate surface area is 142 Å². The molecule has 0 aliphatic carbocycles. The second-order valence-electron chi connectivity index (χ2n) is 5.12. The van der Waals surface area contributed by atoms with Crippen LogP contribution >= 0.6 is 15.9 Å². The van der Waals surface area contributed by atoms with Crippen LogP contribution in [0.2, 0.25) is 0 Å². The molecule has 7 heteroatoms. The highest BCUT2D eigenvalue weighted by Crippen LogP contribution is 2.25. The van der Waals surface area contributed by atoms with E-state index in [1.54, 1.807) is 0 Å². The number of nitrogens with zero attached hydrogens (tertiary/aromatic N) is 3. The maximum atomic E-state index is 5.98. The van der Waals surface area contributed by atoms with Gasteiger partial charge < -0.3 is 10.1 Å². The maximum absolute atomic E-state index is 5.98. The minimum absolute atomic E-state index is 0.453. The zero-order chi connectivity index (χ0) is 16.1. The Balaban J connectivity index is 1.70. The summed E-state index contributed by atoms with van der Waals surface area (Å²) in [5.74, 6) is 1.28. The van der Waals surface area contributed by atoms with Crippen molar-refractivity contribution < 1.29 is 4.74 Å². The first kappa shape index (κ1) is 15.5. The molecule has 0 fully saturated rings. The van der Waals surface area contributed by atoms with Crippen molar-refractivity contribution in [2.75, 3.05) is 5.32 Å². The molecule has 0 bridgehead atoms. The van der Waals surface area contributed by atoms with Gasteiger partial charge in [-0.2, -0.15) is 5.21 Å². The summed E-state index contributed by atoms with van der Waals surface area (Å²) >= 11 is 3.49. The number of hydrogen-bond donors (Lipinski definition) is 2. The first-order valence-electron chi connectivity index (χ1n) is 7.15. The highest BCUT2D eigenvalue weighted by molar-refractivity contribution is 9.10. The van der Waals surface area contributed by atoms with Gasteiger partial charge in [0, 0.05) is 16.6 Å². The predicted octanol–water partition coefficient (Wildman–Crippen LogP) is 3.46. The average Bonchev–Trinajstić information content (AvgIpc) is 3.05. The summed E-state index contributed by atoms with van der Waals surface area (Å²) in [6.07, 6.45) is 0. The number of aromatic amines is 1. The van der Waals surface area contributed by atoms with Crippen LogP contribution in [0.1, 0.15) is 16.7 Å². The molecular weight excluding hydrogens is 358 g/mol. The van der Waals surface area contributed by atoms with Crippen LogP contribution in [0.3, 0.4) is 0 Å². The molecule has 0 aliphatic heterocycles. The third kappa shape index (κ3) is 4.29. The largest absolute Gasteiger partial charge is 0.489 e. The van der Waals surface area contributed by atoms with Crippen LogP contribution in [0.15, 0.2) is 46.9 Å². The molecule has 3 rings (SSSR count). The fraction of sp³-hybridized carbons (Fsp3) is 0.188. The van der Waals surface area contributed by atoms with Crippen molar-refractivity contribution in [3.63, 3.8) is 0 Å². The molecule has 0 amide bonds. The number of tetrazole rings is 1. The third-order valence-corrected chi connectivity index (χ3v) is 3.77. The topological polar surface area (TPSA) is 75.7 Å². The van der Waals surface area contributed by atoms with E-state index < -0.39 is 0 Å². The van der Waals surface area contributed by atoms with E-state index in [4.69, 9.17) is 4.74 Å². The lowest BCUT2D eigenvalue weighted by molar-refractivity contribution is 0.303. The summed E-state index contributed by atoms with van der Waals surface area (Å²) in [7, 11) is 0. The fourth-order valence-corrected chi connectivity index (χ4v) is 2.61. The van der Waals surface area contributed by atoms with Crippen molar-refractivity contribution >= 4 is 21.9 Å². The van der Waals surface area contributed by atoms with E-state index in [9.17, 15) is 0 Å². The molecule has 23 heavy (non-hydrogen) atoms. The van der Waals surface area contributed by atoms with Gasteiger partial charge in [0.1, 0.15) is 12.4 Å². The lowest BCUT2D eigenvalue weighted by Gasteiger charge is -2.12. The van der Waals surface area contributed by atoms with Crippen LogP contribution in [-0.2, 0) is 13.2 Å². The van der Waals surface area contributed by atoms with Crippen molar-refractivity contribution in [3.8, 4) is 5.75 Å². The highest BCUT2D eigenvalue weighted by atomic mass is 79.9. The normalized spacial score (nSPS) is 10.5. The van der Waals surface area contributed by atoms with E-state index in [2.05, 4.69) is 67.0 Å². The Morgan fingerprint density at radius 3 is 2.91 bits per heavy atom. The van der Waals surface area contributed by atoms with Crippen LogP contribution in [0, 0.1) is 6.92 Å². The van der Waals surface area contributed by atoms with Crippen LogP contribution in [0.5, 0.6) is 5.75 Å². The van der Waals surface area contributed by atoms with Crippen molar-refractivity contribution in [2.45, 2.75) is 20.1 Å². The molecule has 1 heterocycles. The molecule has 2 N–H and O–H groups in total. The molecule has 118 valence electrons. The molecule has 0 spiro atoms. The number of halogens is 1. The van der Waals surface area contributed by atoms with E-state index in [-0.39, 0.29) is 0 Å². The number of anilines is 1. The van der Waals surface area contributed by atoms with Crippen molar-refractivity contribution in [2.24, 2.45) is 0 Å². The van der Waals surface area contributed by atoms with E-state index in [1.807, 2.05) is 24.3 Å². The van der Waals surface area contributed by atoms with Gasteiger partial charge in [0.05, 0.1) is 0 Å². The Morgan fingerprint density at radius 1 is 1.22 bits per heavy atom. The van der Waals surface area contributed by atoms with Gasteiger partial charge >= 0.3 is 0 Å². The lowest BCUT2D eigenvalue weighted by atomic mass is 10.1. The fourth-order valence-electron chi connectivity index (χ4n) is 2.20. The van der Waals surface area contributed by atoms with E-state index in [0.29, 0.717) is 19.1 Å². The van der Waals surface area contributed by atoms with Gasteiger partial charge in [-0.3, -0.25) is 0 Å². The summed E-state index contributed by atoms with van der Waals surface area (Å²) < 4.78 is 6.97. The van der Waals surface area contributed by atoms with Gasteiger partial charge in [-0.25, -0.2) is 0 Å². The Morgan fingerprint density at radius 2 is 2.13 bits per heavy atom. The first-order valence-corrected chi connectivity index (χ1v) is 7.94. The number of ether oxygens (including phenoxy) is 1. The first-order chi connectivity index (χ1) is 11.2. The zero-order valence-corrected chi connectivity index (χ0v) is 14.2. The summed E-state index contributed by atoms with van der Waals surface area (Å²) in [5.41, 5.74) is 3.38. The van der Waals surface area contributed by atoms with Gasteiger partial charge in [-0.15, -0.1) is 5.10 Å². The number of benzene rings is 2. The minimum Gasteiger partial charge on any atom is -0.489 e. The van der Waals surface area contributed by atoms with Crippen LogP contribution in [0.25, 0.3) is 0 Å². The summed E-state index contributed by atoms with van der Waals surface area (Å²) in [6, 6.07) is 14.2. The summed E-state index contributed by atoms with van der Waals surface area (Å²) in [6.45, 7) is 3.14. The molecule has 0 atom stereocenters. The third-order valence-electron chi connectivity index (χ3n) is 3.28. The monoisotopic (exact) mass is 373 g/mol. The van der Waals surface area contributed by atoms with Gasteiger partial charge in [0.25, 0.3) is 5.95 Å². The van der Waals surface area contributed by atoms with Crippen molar-refractivity contribution in [1.29, 1.82) is 0 Å². The van der Waals surface area contributed by atoms with Crippen molar-refractivity contribution in [3.05, 3.63) is 63.6 Å². The molecule has 3 aromatic rings. The number of aryl methyl sites for hydroxylation is 1. The Hall–Kier alpha value is -2.41. The van der Waals surface area contributed by atoms with E-state index in [1.165, 1.54) is 5.56 Å². The van der Waals surface area contributed by atoms with Gasteiger partial charge in [0.2, 0.25) is 0 Å². The SMILES string of the molecule is Cc1cccc(COc2ccc(Br)cc2CNc2nn[nH]n2)c1. The Kier molecular flexibility index (Phi) is 4.87. The van der Waals surface area contributed by atoms with Crippen molar-refractivity contribution in [1.82, 2.24) is 20.6 Å². The van der Waals surface area contributed by atoms with Gasteiger partial charge in [-0.05, 0) is 35.9 Å². The van der Waals surface area contributed by atoms with E-state index >= 15 is 0 Å². The molecule has 6 nitrogen and oxygen atoms in total. The van der Waals surface area contributed by atoms with E-state index in [0.717, 1.165) is 21.3 Å². The predicted molar refractivity (Wildman–Crippen MR) is 91.2 cm³/mol. The summed E-state index contributed by atoms with van der Waals surface area (Å²) in [5, 5.41) is 16.8. The standard InChI is InChI=1S/C16H16BrN5O/c1-11-3-2-4-12(7-11)10-23-15-6-5-14(17)8-13(15)9-18-16-19-21-22-20-16/h2-8H,9-10H2,1H3,(H2,18,19,20,21,22). The quantitative estimate of drug-likeness (QED) is 0.691. The molecule has 2 aromatic carbocycles. The average molecular weight is 374 g/mol. The zero-order valence-electron chi connectivity index (χ0n) is 12.6. The molecule has 0 saturated carbocycles. The molecule has 0 saturated heterocycles. The molecular formula is C16H16BrN5O. The number of nitrogens with one attached hydrogen (secondary N) is 2. The molecule has 0 aliphatic rings. The number of aromatic nitrogens is 4.